The summed E-state index contributed by atoms with van der Waals surface area (Å²) in [6, 6.07) is 10.4. The highest BCUT2D eigenvalue weighted by Gasteiger charge is 2.16. The van der Waals surface area contributed by atoms with Gasteiger partial charge in [-0.15, -0.1) is 11.3 Å². The van der Waals surface area contributed by atoms with Crippen molar-refractivity contribution in [3.8, 4) is 16.5 Å². The number of rotatable bonds is 5. The summed E-state index contributed by atoms with van der Waals surface area (Å²) in [5, 5.41) is 4.59. The second-order valence-electron chi connectivity index (χ2n) is 5.36. The Labute approximate surface area is 148 Å². The number of carbonyl (C=O) groups is 2. The van der Waals surface area contributed by atoms with Crippen LogP contribution in [-0.4, -0.2) is 16.9 Å². The van der Waals surface area contributed by atoms with Crippen molar-refractivity contribution >= 4 is 28.9 Å². The zero-order valence-corrected chi connectivity index (χ0v) is 14.6. The number of amides is 1. The van der Waals surface area contributed by atoms with E-state index in [0.717, 1.165) is 4.88 Å². The summed E-state index contributed by atoms with van der Waals surface area (Å²) in [4.78, 5) is 28.4. The molecule has 2 aromatic heterocycles. The molecular weight excluding hydrogens is 340 g/mol. The van der Waals surface area contributed by atoms with Gasteiger partial charge in [-0.2, -0.15) is 0 Å². The Morgan fingerprint density at radius 3 is 2.64 bits per heavy atom. The minimum atomic E-state index is -0.429. The third-order valence-corrected chi connectivity index (χ3v) is 4.20. The Balaban J connectivity index is 1.64. The smallest absolute Gasteiger partial charge is 0.317 e. The minimum absolute atomic E-state index is 0.0220. The van der Waals surface area contributed by atoms with Crippen molar-refractivity contribution in [1.82, 2.24) is 4.98 Å². The Hall–Kier alpha value is -2.93. The fourth-order valence-corrected chi connectivity index (χ4v) is 2.86. The van der Waals surface area contributed by atoms with E-state index < -0.39 is 5.97 Å². The molecule has 0 fully saturated rings. The van der Waals surface area contributed by atoms with Crippen LogP contribution in [0.2, 0.25) is 0 Å². The lowest BCUT2D eigenvalue weighted by atomic mass is 10.2. The molecule has 0 saturated carbocycles. The molecule has 0 aliphatic carbocycles. The fraction of sp³-hybridized carbons (Fsp3) is 0.167. The normalized spacial score (nSPS) is 10.5. The van der Waals surface area contributed by atoms with Crippen molar-refractivity contribution in [2.24, 2.45) is 0 Å². The summed E-state index contributed by atoms with van der Waals surface area (Å²) in [6.07, 6.45) is 0.0220. The molecule has 0 spiro atoms. The molecule has 3 rings (SSSR count). The molecule has 1 amide bonds. The van der Waals surface area contributed by atoms with Gasteiger partial charge in [-0.25, -0.2) is 4.98 Å². The maximum absolute atomic E-state index is 12.1. The molecule has 1 N–H and O–H groups in total. The van der Waals surface area contributed by atoms with E-state index in [-0.39, 0.29) is 12.3 Å². The number of hydrogen-bond acceptors (Lipinski definition) is 6. The number of hydrogen-bond donors (Lipinski definition) is 1. The summed E-state index contributed by atoms with van der Waals surface area (Å²) in [5.74, 6) is 0.921. The van der Waals surface area contributed by atoms with Crippen LogP contribution in [0.15, 0.2) is 46.2 Å². The van der Waals surface area contributed by atoms with Gasteiger partial charge in [0.05, 0.1) is 17.0 Å². The van der Waals surface area contributed by atoms with E-state index >= 15 is 0 Å². The molecule has 1 aromatic carbocycles. The fourth-order valence-electron chi connectivity index (χ4n) is 2.21. The van der Waals surface area contributed by atoms with Gasteiger partial charge in [0.1, 0.15) is 11.5 Å². The molecule has 0 bridgehead atoms. The number of nitrogens with one attached hydrogen (secondary N) is 1. The molecule has 0 unspecified atom stereocenters. The zero-order valence-electron chi connectivity index (χ0n) is 13.7. The lowest BCUT2D eigenvalue weighted by molar-refractivity contribution is -0.133. The van der Waals surface area contributed by atoms with Crippen molar-refractivity contribution in [2.75, 3.05) is 5.32 Å². The molecule has 0 aliphatic heterocycles. The number of thiophene rings is 1. The van der Waals surface area contributed by atoms with Gasteiger partial charge in [-0.1, -0.05) is 6.07 Å². The maximum atomic E-state index is 12.1. The van der Waals surface area contributed by atoms with Gasteiger partial charge in [-0.3, -0.25) is 9.59 Å². The topological polar surface area (TPSA) is 81.4 Å². The summed E-state index contributed by atoms with van der Waals surface area (Å²) in [6.45, 7) is 3.20. The number of aryl methyl sites for hydroxylation is 1. The second-order valence-corrected chi connectivity index (χ2v) is 6.30. The van der Waals surface area contributed by atoms with E-state index in [0.29, 0.717) is 28.8 Å². The molecule has 0 atom stereocenters. The Bertz CT molecular complexity index is 882. The highest BCUT2D eigenvalue weighted by atomic mass is 32.1. The molecule has 2 heterocycles. The van der Waals surface area contributed by atoms with Crippen LogP contribution in [0.3, 0.4) is 0 Å². The molecule has 25 heavy (non-hydrogen) atoms. The predicted octanol–water partition coefficient (Wildman–Crippen LogP) is 3.82. The predicted molar refractivity (Wildman–Crippen MR) is 94.6 cm³/mol. The molecule has 0 aliphatic rings. The van der Waals surface area contributed by atoms with E-state index in [2.05, 4.69) is 10.3 Å². The third kappa shape index (κ3) is 4.33. The number of nitrogens with zero attached hydrogens (tertiary/aromatic N) is 1. The zero-order chi connectivity index (χ0) is 17.8. The van der Waals surface area contributed by atoms with Crippen LogP contribution in [0.4, 0.5) is 5.69 Å². The Morgan fingerprint density at radius 2 is 2.00 bits per heavy atom. The molecule has 0 radical (unpaired) electrons. The highest BCUT2D eigenvalue weighted by Crippen LogP contribution is 2.26. The first-order valence-electron chi connectivity index (χ1n) is 7.60. The molecule has 7 heteroatoms. The van der Waals surface area contributed by atoms with Crippen molar-refractivity contribution in [3.05, 3.63) is 53.2 Å². The van der Waals surface area contributed by atoms with Crippen LogP contribution in [-0.2, 0) is 16.0 Å². The van der Waals surface area contributed by atoms with Gasteiger partial charge in [0.15, 0.2) is 0 Å². The number of aromatic nitrogens is 1. The minimum Gasteiger partial charge on any atom is -0.440 e. The van der Waals surface area contributed by atoms with E-state index in [1.807, 2.05) is 17.5 Å². The van der Waals surface area contributed by atoms with Crippen LogP contribution in [0.1, 0.15) is 18.4 Å². The average molecular weight is 356 g/mol. The van der Waals surface area contributed by atoms with Gasteiger partial charge in [0.2, 0.25) is 11.8 Å². The van der Waals surface area contributed by atoms with Crippen LogP contribution in [0, 0.1) is 6.92 Å². The Morgan fingerprint density at radius 1 is 1.24 bits per heavy atom. The SMILES string of the molecule is CC(=O)Nc1ccc(OC(=O)Cc2nc(-c3cccs3)oc2C)cc1. The summed E-state index contributed by atoms with van der Waals surface area (Å²) < 4.78 is 10.9. The Kier molecular flexibility index (Phi) is 4.95. The number of esters is 1. The van der Waals surface area contributed by atoms with Crippen molar-refractivity contribution in [1.29, 1.82) is 0 Å². The van der Waals surface area contributed by atoms with Crippen LogP contribution in [0.5, 0.6) is 5.75 Å². The number of ether oxygens (including phenoxy) is 1. The summed E-state index contributed by atoms with van der Waals surface area (Å²) >= 11 is 1.52. The van der Waals surface area contributed by atoms with E-state index in [4.69, 9.17) is 9.15 Å². The molecule has 3 aromatic rings. The average Bonchev–Trinajstić information content (AvgIpc) is 3.19. The summed E-state index contributed by atoms with van der Waals surface area (Å²) in [5.41, 5.74) is 1.20. The van der Waals surface area contributed by atoms with E-state index in [1.165, 1.54) is 18.3 Å². The maximum Gasteiger partial charge on any atom is 0.317 e. The molecule has 6 nitrogen and oxygen atoms in total. The lowest BCUT2D eigenvalue weighted by Crippen LogP contribution is -2.12. The van der Waals surface area contributed by atoms with E-state index in [9.17, 15) is 9.59 Å². The van der Waals surface area contributed by atoms with Crippen molar-refractivity contribution < 1.29 is 18.7 Å². The van der Waals surface area contributed by atoms with Crippen molar-refractivity contribution in [3.63, 3.8) is 0 Å². The quantitative estimate of drug-likeness (QED) is 0.555. The van der Waals surface area contributed by atoms with Crippen molar-refractivity contribution in [2.45, 2.75) is 20.3 Å². The first kappa shape index (κ1) is 16.9. The van der Waals surface area contributed by atoms with E-state index in [1.54, 1.807) is 31.2 Å². The van der Waals surface area contributed by atoms with Crippen LogP contribution in [0.25, 0.3) is 10.8 Å². The second kappa shape index (κ2) is 7.31. The molecule has 0 saturated heterocycles. The molecular formula is C18H16N2O4S. The van der Waals surface area contributed by atoms with Crippen LogP contribution < -0.4 is 10.1 Å². The number of benzene rings is 1. The summed E-state index contributed by atoms with van der Waals surface area (Å²) in [7, 11) is 0. The largest absolute Gasteiger partial charge is 0.440 e. The number of oxazole rings is 1. The number of anilines is 1. The first-order valence-corrected chi connectivity index (χ1v) is 8.48. The lowest BCUT2D eigenvalue weighted by Gasteiger charge is -2.05. The third-order valence-electron chi connectivity index (χ3n) is 3.34. The van der Waals surface area contributed by atoms with Crippen LogP contribution >= 0.6 is 11.3 Å². The van der Waals surface area contributed by atoms with Gasteiger partial charge in [0, 0.05) is 12.6 Å². The number of carbonyl (C=O) groups excluding carboxylic acids is 2. The monoisotopic (exact) mass is 356 g/mol. The van der Waals surface area contributed by atoms with Gasteiger partial charge in [-0.05, 0) is 42.6 Å². The van der Waals surface area contributed by atoms with Gasteiger partial charge >= 0.3 is 5.97 Å². The standard InChI is InChI=1S/C18H16N2O4S/c1-11-15(20-18(23-11)16-4-3-9-25-16)10-17(22)24-14-7-5-13(6-8-14)19-12(2)21/h3-9H,10H2,1-2H3,(H,19,21). The highest BCUT2D eigenvalue weighted by molar-refractivity contribution is 7.13. The molecule has 128 valence electrons. The van der Waals surface area contributed by atoms with Gasteiger partial charge in [0.25, 0.3) is 0 Å². The van der Waals surface area contributed by atoms with Gasteiger partial charge < -0.3 is 14.5 Å². The first-order chi connectivity index (χ1) is 12.0.